The molecular formula is C18H21N5O3. The van der Waals surface area contributed by atoms with Crippen molar-refractivity contribution in [1.29, 1.82) is 0 Å². The molecule has 0 atom stereocenters. The first-order chi connectivity index (χ1) is 12.7. The van der Waals surface area contributed by atoms with Gasteiger partial charge in [-0.2, -0.15) is 4.68 Å². The Morgan fingerprint density at radius 1 is 1.00 bits per heavy atom. The van der Waals surface area contributed by atoms with E-state index in [2.05, 4.69) is 20.8 Å². The fraction of sp³-hybridized carbons (Fsp3) is 0.278. The van der Waals surface area contributed by atoms with Crippen molar-refractivity contribution in [1.82, 2.24) is 20.2 Å². The lowest BCUT2D eigenvalue weighted by molar-refractivity contribution is 0.322. The third-order valence-electron chi connectivity index (χ3n) is 3.98. The molecule has 1 heterocycles. The van der Waals surface area contributed by atoms with Crippen LogP contribution in [0, 0.1) is 6.92 Å². The number of ether oxygens (including phenoxy) is 3. The van der Waals surface area contributed by atoms with Gasteiger partial charge in [-0.1, -0.05) is 6.07 Å². The minimum atomic E-state index is 0.557. The van der Waals surface area contributed by atoms with Crippen molar-refractivity contribution < 1.29 is 14.2 Å². The molecular weight excluding hydrogens is 334 g/mol. The van der Waals surface area contributed by atoms with Crippen molar-refractivity contribution in [2.45, 2.75) is 13.5 Å². The van der Waals surface area contributed by atoms with E-state index in [4.69, 9.17) is 14.2 Å². The molecule has 0 aliphatic heterocycles. The van der Waals surface area contributed by atoms with Gasteiger partial charge in [0.2, 0.25) is 5.75 Å². The van der Waals surface area contributed by atoms with Gasteiger partial charge >= 0.3 is 0 Å². The van der Waals surface area contributed by atoms with E-state index >= 15 is 0 Å². The van der Waals surface area contributed by atoms with Crippen LogP contribution in [0.3, 0.4) is 0 Å². The molecule has 0 amide bonds. The summed E-state index contributed by atoms with van der Waals surface area (Å²) in [6, 6.07) is 11.7. The smallest absolute Gasteiger partial charge is 0.203 e. The molecule has 1 aromatic heterocycles. The van der Waals surface area contributed by atoms with Crippen LogP contribution < -0.4 is 19.5 Å². The number of hydrogen-bond acceptors (Lipinski definition) is 7. The molecule has 0 bridgehead atoms. The number of tetrazole rings is 1. The van der Waals surface area contributed by atoms with Crippen LogP contribution in [0.4, 0.5) is 5.69 Å². The minimum Gasteiger partial charge on any atom is -0.493 e. The molecule has 0 aliphatic carbocycles. The highest BCUT2D eigenvalue weighted by Crippen LogP contribution is 2.39. The average Bonchev–Trinajstić information content (AvgIpc) is 3.11. The quantitative estimate of drug-likeness (QED) is 0.697. The van der Waals surface area contributed by atoms with Crippen molar-refractivity contribution in [2.24, 2.45) is 0 Å². The van der Waals surface area contributed by atoms with Gasteiger partial charge in [0.05, 0.1) is 27.0 Å². The zero-order chi connectivity index (χ0) is 18.5. The van der Waals surface area contributed by atoms with E-state index < -0.39 is 0 Å². The fourth-order valence-corrected chi connectivity index (χ4v) is 2.72. The second-order valence-corrected chi connectivity index (χ2v) is 5.54. The summed E-state index contributed by atoms with van der Waals surface area (Å²) in [5, 5.41) is 15.0. The van der Waals surface area contributed by atoms with Crippen molar-refractivity contribution >= 4 is 5.69 Å². The molecule has 0 radical (unpaired) electrons. The second kappa shape index (κ2) is 7.73. The lowest BCUT2D eigenvalue weighted by atomic mass is 10.1. The minimum absolute atomic E-state index is 0.557. The molecule has 0 aliphatic rings. The van der Waals surface area contributed by atoms with Gasteiger partial charge in [-0.3, -0.25) is 0 Å². The van der Waals surface area contributed by atoms with Gasteiger partial charge in [0, 0.05) is 17.8 Å². The van der Waals surface area contributed by atoms with Crippen molar-refractivity contribution in [3.63, 3.8) is 0 Å². The molecule has 0 saturated carbocycles. The zero-order valence-corrected chi connectivity index (χ0v) is 15.2. The van der Waals surface area contributed by atoms with E-state index in [1.807, 2.05) is 43.3 Å². The SMILES string of the molecule is COc1ccc(CNc2cccc(-n3nnnc3C)c2)c(OC)c1OC. The maximum absolute atomic E-state index is 5.52. The van der Waals surface area contributed by atoms with Crippen LogP contribution in [-0.2, 0) is 6.54 Å². The molecule has 136 valence electrons. The number of aryl methyl sites for hydroxylation is 1. The predicted molar refractivity (Wildman–Crippen MR) is 97.3 cm³/mol. The normalized spacial score (nSPS) is 10.5. The predicted octanol–water partition coefficient (Wildman–Crippen LogP) is 2.61. The average molecular weight is 355 g/mol. The maximum Gasteiger partial charge on any atom is 0.203 e. The van der Waals surface area contributed by atoms with Crippen molar-refractivity contribution in [3.05, 3.63) is 47.8 Å². The Balaban J connectivity index is 1.83. The standard InChI is InChI=1S/C18H21N5O3/c1-12-20-21-22-23(12)15-7-5-6-14(10-15)19-11-13-8-9-16(24-2)18(26-4)17(13)25-3/h5-10,19H,11H2,1-4H3. The molecule has 8 heteroatoms. The number of nitrogens with zero attached hydrogens (tertiary/aromatic N) is 4. The van der Waals surface area contributed by atoms with E-state index in [1.165, 1.54) is 0 Å². The number of nitrogens with one attached hydrogen (secondary N) is 1. The molecule has 8 nitrogen and oxygen atoms in total. The lowest BCUT2D eigenvalue weighted by Crippen LogP contribution is -2.05. The van der Waals surface area contributed by atoms with Crippen molar-refractivity contribution in [2.75, 3.05) is 26.6 Å². The highest BCUT2D eigenvalue weighted by atomic mass is 16.5. The fourth-order valence-electron chi connectivity index (χ4n) is 2.72. The molecule has 0 spiro atoms. The molecule has 26 heavy (non-hydrogen) atoms. The van der Waals surface area contributed by atoms with Gasteiger partial charge in [-0.05, 0) is 47.7 Å². The van der Waals surface area contributed by atoms with E-state index in [0.29, 0.717) is 23.8 Å². The summed E-state index contributed by atoms with van der Waals surface area (Å²) in [6.45, 7) is 2.41. The topological polar surface area (TPSA) is 83.3 Å². The van der Waals surface area contributed by atoms with Crippen molar-refractivity contribution in [3.8, 4) is 22.9 Å². The Kier molecular flexibility index (Phi) is 5.21. The zero-order valence-electron chi connectivity index (χ0n) is 15.2. The molecule has 3 aromatic rings. The van der Waals surface area contributed by atoms with E-state index in [9.17, 15) is 0 Å². The lowest BCUT2D eigenvalue weighted by Gasteiger charge is -2.16. The van der Waals surface area contributed by atoms with Gasteiger partial charge in [-0.15, -0.1) is 5.10 Å². The Morgan fingerprint density at radius 3 is 2.46 bits per heavy atom. The van der Waals surface area contributed by atoms with Crippen LogP contribution in [0.25, 0.3) is 5.69 Å². The number of aromatic nitrogens is 4. The summed E-state index contributed by atoms with van der Waals surface area (Å²) in [7, 11) is 4.80. The van der Waals surface area contributed by atoms with Crippen LogP contribution in [0.1, 0.15) is 11.4 Å². The Labute approximate surface area is 151 Å². The van der Waals surface area contributed by atoms with Gasteiger partial charge in [-0.25, -0.2) is 0 Å². The first-order valence-corrected chi connectivity index (χ1v) is 8.05. The molecule has 1 N–H and O–H groups in total. The number of anilines is 1. The van der Waals surface area contributed by atoms with Gasteiger partial charge in [0.25, 0.3) is 0 Å². The molecule has 0 saturated heterocycles. The highest BCUT2D eigenvalue weighted by Gasteiger charge is 2.15. The van der Waals surface area contributed by atoms with Gasteiger partial charge in [0.15, 0.2) is 17.3 Å². The van der Waals surface area contributed by atoms with E-state index in [1.54, 1.807) is 26.0 Å². The molecule has 0 unspecified atom stereocenters. The molecule has 2 aromatic carbocycles. The van der Waals surface area contributed by atoms with Crippen LogP contribution >= 0.6 is 0 Å². The molecule has 3 rings (SSSR count). The van der Waals surface area contributed by atoms with E-state index in [-0.39, 0.29) is 0 Å². The van der Waals surface area contributed by atoms with Crippen LogP contribution in [-0.4, -0.2) is 41.5 Å². The monoisotopic (exact) mass is 355 g/mol. The Hall–Kier alpha value is -3.29. The third kappa shape index (κ3) is 3.39. The summed E-state index contributed by atoms with van der Waals surface area (Å²) in [6.07, 6.45) is 0. The van der Waals surface area contributed by atoms with Gasteiger partial charge in [0.1, 0.15) is 0 Å². The summed E-state index contributed by atoms with van der Waals surface area (Å²) >= 11 is 0. The van der Waals surface area contributed by atoms with Crippen LogP contribution in [0.15, 0.2) is 36.4 Å². The highest BCUT2D eigenvalue weighted by molar-refractivity contribution is 5.57. The number of methoxy groups -OCH3 is 3. The first kappa shape index (κ1) is 17.5. The molecule has 0 fully saturated rings. The maximum atomic E-state index is 5.52. The Bertz CT molecular complexity index is 894. The summed E-state index contributed by atoms with van der Waals surface area (Å²) in [4.78, 5) is 0. The second-order valence-electron chi connectivity index (χ2n) is 5.54. The number of rotatable bonds is 7. The van der Waals surface area contributed by atoms with E-state index in [0.717, 1.165) is 22.8 Å². The largest absolute Gasteiger partial charge is 0.493 e. The number of benzene rings is 2. The van der Waals surface area contributed by atoms with Crippen LogP contribution in [0.2, 0.25) is 0 Å². The Morgan fingerprint density at radius 2 is 1.81 bits per heavy atom. The summed E-state index contributed by atoms with van der Waals surface area (Å²) in [5.74, 6) is 2.58. The van der Waals surface area contributed by atoms with Gasteiger partial charge < -0.3 is 19.5 Å². The summed E-state index contributed by atoms with van der Waals surface area (Å²) in [5.41, 5.74) is 2.78. The summed E-state index contributed by atoms with van der Waals surface area (Å²) < 4.78 is 18.0. The number of hydrogen-bond donors (Lipinski definition) is 1. The third-order valence-corrected chi connectivity index (χ3v) is 3.98. The van der Waals surface area contributed by atoms with Crippen LogP contribution in [0.5, 0.6) is 17.2 Å². The first-order valence-electron chi connectivity index (χ1n) is 8.05.